The third-order valence-electron chi connectivity index (χ3n) is 3.93. The number of esters is 1. The molecular formula is C20H18N2O3. The number of hydrogen-bond acceptors (Lipinski definition) is 3. The van der Waals surface area contributed by atoms with Gasteiger partial charge in [-0.2, -0.15) is 0 Å². The van der Waals surface area contributed by atoms with E-state index in [2.05, 4.69) is 5.32 Å². The Balaban J connectivity index is 1.75. The molecule has 0 fully saturated rings. The van der Waals surface area contributed by atoms with Crippen molar-refractivity contribution in [2.75, 3.05) is 12.4 Å². The number of rotatable bonds is 4. The van der Waals surface area contributed by atoms with Crippen LogP contribution in [0.25, 0.3) is 5.69 Å². The third-order valence-corrected chi connectivity index (χ3v) is 3.93. The van der Waals surface area contributed by atoms with Gasteiger partial charge in [-0.05, 0) is 67.1 Å². The first-order chi connectivity index (χ1) is 12.1. The van der Waals surface area contributed by atoms with E-state index in [1.807, 2.05) is 48.1 Å². The predicted molar refractivity (Wildman–Crippen MR) is 96.2 cm³/mol. The quantitative estimate of drug-likeness (QED) is 0.738. The highest BCUT2D eigenvalue weighted by atomic mass is 16.5. The molecule has 0 radical (unpaired) electrons. The van der Waals surface area contributed by atoms with Gasteiger partial charge in [0, 0.05) is 29.3 Å². The van der Waals surface area contributed by atoms with Crippen LogP contribution in [0, 0.1) is 6.92 Å². The highest BCUT2D eigenvalue weighted by Gasteiger charge is 2.11. The van der Waals surface area contributed by atoms with Gasteiger partial charge in [0.1, 0.15) is 0 Å². The summed E-state index contributed by atoms with van der Waals surface area (Å²) < 4.78 is 6.66. The summed E-state index contributed by atoms with van der Waals surface area (Å²) in [7, 11) is 1.34. The fraction of sp³-hybridized carbons (Fsp3) is 0.100. The van der Waals surface area contributed by atoms with Gasteiger partial charge in [-0.25, -0.2) is 4.79 Å². The van der Waals surface area contributed by atoms with Crippen molar-refractivity contribution in [3.63, 3.8) is 0 Å². The molecule has 0 aliphatic carbocycles. The first-order valence-electron chi connectivity index (χ1n) is 7.82. The second-order valence-corrected chi connectivity index (χ2v) is 5.61. The van der Waals surface area contributed by atoms with E-state index in [1.54, 1.807) is 30.3 Å². The van der Waals surface area contributed by atoms with E-state index in [4.69, 9.17) is 4.74 Å². The van der Waals surface area contributed by atoms with Gasteiger partial charge in [-0.15, -0.1) is 0 Å². The van der Waals surface area contributed by atoms with Gasteiger partial charge in [0.05, 0.1) is 12.7 Å². The molecule has 1 amide bonds. The molecule has 0 spiro atoms. The van der Waals surface area contributed by atoms with Crippen molar-refractivity contribution in [2.24, 2.45) is 0 Å². The number of nitrogens with one attached hydrogen (secondary N) is 1. The zero-order chi connectivity index (χ0) is 17.8. The minimum absolute atomic E-state index is 0.201. The van der Waals surface area contributed by atoms with Crippen molar-refractivity contribution >= 4 is 17.6 Å². The number of benzene rings is 2. The van der Waals surface area contributed by atoms with Gasteiger partial charge in [-0.1, -0.05) is 0 Å². The molecule has 5 nitrogen and oxygen atoms in total. The SMILES string of the molecule is COC(=O)c1ccc(NC(=O)c2ccc(-n3cccc3)cc2)c(C)c1. The fourth-order valence-corrected chi connectivity index (χ4v) is 2.53. The Morgan fingerprint density at radius 2 is 1.60 bits per heavy atom. The maximum atomic E-state index is 12.4. The van der Waals surface area contributed by atoms with Crippen LogP contribution in [0.4, 0.5) is 5.69 Å². The Morgan fingerprint density at radius 3 is 2.20 bits per heavy atom. The molecule has 1 N–H and O–H groups in total. The number of hydrogen-bond donors (Lipinski definition) is 1. The minimum atomic E-state index is -0.401. The summed E-state index contributed by atoms with van der Waals surface area (Å²) in [5.74, 6) is -0.602. The van der Waals surface area contributed by atoms with E-state index in [0.717, 1.165) is 11.3 Å². The van der Waals surface area contributed by atoms with Crippen molar-refractivity contribution in [3.05, 3.63) is 83.7 Å². The average Bonchev–Trinajstić information content (AvgIpc) is 3.17. The Bertz CT molecular complexity index is 897. The first kappa shape index (κ1) is 16.5. The first-order valence-corrected chi connectivity index (χ1v) is 7.82. The number of nitrogens with zero attached hydrogens (tertiary/aromatic N) is 1. The number of carbonyl (C=O) groups is 2. The summed E-state index contributed by atoms with van der Waals surface area (Å²) in [6.07, 6.45) is 3.89. The highest BCUT2D eigenvalue weighted by molar-refractivity contribution is 6.05. The molecule has 1 aromatic heterocycles. The van der Waals surface area contributed by atoms with Crippen LogP contribution in [0.5, 0.6) is 0 Å². The number of aromatic nitrogens is 1. The lowest BCUT2D eigenvalue weighted by atomic mass is 10.1. The van der Waals surface area contributed by atoms with E-state index < -0.39 is 5.97 Å². The Kier molecular flexibility index (Phi) is 4.66. The number of amides is 1. The maximum absolute atomic E-state index is 12.4. The Morgan fingerprint density at radius 1 is 0.960 bits per heavy atom. The lowest BCUT2D eigenvalue weighted by molar-refractivity contribution is 0.0600. The topological polar surface area (TPSA) is 60.3 Å². The molecule has 0 aliphatic rings. The van der Waals surface area contributed by atoms with E-state index in [0.29, 0.717) is 16.8 Å². The second kappa shape index (κ2) is 7.05. The minimum Gasteiger partial charge on any atom is -0.465 e. The molecule has 1 heterocycles. The second-order valence-electron chi connectivity index (χ2n) is 5.61. The van der Waals surface area contributed by atoms with Gasteiger partial charge < -0.3 is 14.6 Å². The zero-order valence-corrected chi connectivity index (χ0v) is 14.0. The van der Waals surface area contributed by atoms with E-state index >= 15 is 0 Å². The van der Waals surface area contributed by atoms with Crippen LogP contribution in [0.1, 0.15) is 26.3 Å². The smallest absolute Gasteiger partial charge is 0.337 e. The molecule has 0 atom stereocenters. The fourth-order valence-electron chi connectivity index (χ4n) is 2.53. The van der Waals surface area contributed by atoms with Gasteiger partial charge in [0.25, 0.3) is 5.91 Å². The van der Waals surface area contributed by atoms with Crippen LogP contribution >= 0.6 is 0 Å². The van der Waals surface area contributed by atoms with Crippen molar-refractivity contribution in [2.45, 2.75) is 6.92 Å². The summed E-state index contributed by atoms with van der Waals surface area (Å²) in [6, 6.07) is 16.3. The van der Waals surface area contributed by atoms with Crippen molar-refractivity contribution in [1.82, 2.24) is 4.57 Å². The van der Waals surface area contributed by atoms with Crippen molar-refractivity contribution in [3.8, 4) is 5.69 Å². The summed E-state index contributed by atoms with van der Waals surface area (Å²) in [5.41, 5.74) is 3.45. The lowest BCUT2D eigenvalue weighted by Crippen LogP contribution is -2.13. The summed E-state index contributed by atoms with van der Waals surface area (Å²) >= 11 is 0. The molecule has 126 valence electrons. The molecule has 3 rings (SSSR count). The van der Waals surface area contributed by atoms with Crippen LogP contribution in [-0.2, 0) is 4.74 Å². The number of methoxy groups -OCH3 is 1. The molecule has 5 heteroatoms. The number of carbonyl (C=O) groups excluding carboxylic acids is 2. The molecule has 3 aromatic rings. The normalized spacial score (nSPS) is 10.3. The van der Waals surface area contributed by atoms with E-state index in [1.165, 1.54) is 7.11 Å². The molecule has 0 bridgehead atoms. The highest BCUT2D eigenvalue weighted by Crippen LogP contribution is 2.19. The molecular weight excluding hydrogens is 316 g/mol. The number of ether oxygens (including phenoxy) is 1. The lowest BCUT2D eigenvalue weighted by Gasteiger charge is -2.10. The molecule has 25 heavy (non-hydrogen) atoms. The largest absolute Gasteiger partial charge is 0.465 e. The number of anilines is 1. The summed E-state index contributed by atoms with van der Waals surface area (Å²) in [4.78, 5) is 24.0. The summed E-state index contributed by atoms with van der Waals surface area (Å²) in [6.45, 7) is 1.83. The van der Waals surface area contributed by atoms with Crippen molar-refractivity contribution in [1.29, 1.82) is 0 Å². The average molecular weight is 334 g/mol. The molecule has 0 saturated heterocycles. The van der Waals surface area contributed by atoms with Gasteiger partial charge in [0.15, 0.2) is 0 Å². The maximum Gasteiger partial charge on any atom is 0.337 e. The predicted octanol–water partition coefficient (Wildman–Crippen LogP) is 3.82. The Labute approximate surface area is 145 Å². The zero-order valence-electron chi connectivity index (χ0n) is 14.0. The molecule has 0 saturated carbocycles. The molecule has 0 unspecified atom stereocenters. The van der Waals surface area contributed by atoms with E-state index in [-0.39, 0.29) is 5.91 Å². The van der Waals surface area contributed by atoms with Gasteiger partial charge >= 0.3 is 5.97 Å². The number of aryl methyl sites for hydroxylation is 1. The van der Waals surface area contributed by atoms with Crippen LogP contribution in [-0.4, -0.2) is 23.6 Å². The van der Waals surface area contributed by atoms with E-state index in [9.17, 15) is 9.59 Å². The van der Waals surface area contributed by atoms with Crippen LogP contribution in [0.2, 0.25) is 0 Å². The van der Waals surface area contributed by atoms with Crippen LogP contribution in [0.15, 0.2) is 67.0 Å². The van der Waals surface area contributed by atoms with Crippen molar-refractivity contribution < 1.29 is 14.3 Å². The third kappa shape index (κ3) is 3.61. The summed E-state index contributed by atoms with van der Waals surface area (Å²) in [5, 5.41) is 2.87. The standard InChI is InChI=1S/C20H18N2O3/c1-14-13-16(20(24)25-2)7-10-18(14)21-19(23)15-5-8-17(9-6-15)22-11-3-4-12-22/h3-13H,1-2H3,(H,21,23). The van der Waals surface area contributed by atoms with Gasteiger partial charge in [-0.3, -0.25) is 4.79 Å². The van der Waals surface area contributed by atoms with Gasteiger partial charge in [0.2, 0.25) is 0 Å². The molecule has 0 aliphatic heterocycles. The monoisotopic (exact) mass is 334 g/mol. The van der Waals surface area contributed by atoms with Crippen LogP contribution < -0.4 is 5.32 Å². The van der Waals surface area contributed by atoms with Crippen LogP contribution in [0.3, 0.4) is 0 Å². The molecule has 2 aromatic carbocycles. The Hall–Kier alpha value is -3.34.